The number of hydrogen-bond donors (Lipinski definition) is 2. The molecule has 1 aliphatic rings. The van der Waals surface area contributed by atoms with Crippen molar-refractivity contribution in [3.05, 3.63) is 11.7 Å². The third-order valence-electron chi connectivity index (χ3n) is 3.56. The van der Waals surface area contributed by atoms with Gasteiger partial charge in [0.15, 0.2) is 5.60 Å². The zero-order valence-electron chi connectivity index (χ0n) is 12.8. The van der Waals surface area contributed by atoms with E-state index in [0.29, 0.717) is 25.4 Å². The fraction of sp³-hybridized carbons (Fsp3) is 0.857. The van der Waals surface area contributed by atoms with E-state index >= 15 is 0 Å². The highest BCUT2D eigenvalue weighted by atomic mass is 16.5. The van der Waals surface area contributed by atoms with Gasteiger partial charge in [-0.25, -0.2) is 0 Å². The van der Waals surface area contributed by atoms with Crippen LogP contribution in [0, 0.1) is 5.41 Å². The number of piperidine rings is 1. The van der Waals surface area contributed by atoms with Crippen molar-refractivity contribution < 1.29 is 14.4 Å². The molecule has 2 unspecified atom stereocenters. The number of β-amino-alcohol motifs (C(OH)–C–C–N with tert-alkyl or cyclic N) is 1. The summed E-state index contributed by atoms with van der Waals surface area (Å²) < 4.78 is 11.0. The van der Waals surface area contributed by atoms with Crippen molar-refractivity contribution in [2.24, 2.45) is 5.41 Å². The van der Waals surface area contributed by atoms with Gasteiger partial charge in [-0.05, 0) is 31.7 Å². The predicted octanol–water partition coefficient (Wildman–Crippen LogP) is 1.76. The number of hydrogen-bond acceptors (Lipinski definition) is 6. The Morgan fingerprint density at radius 3 is 2.80 bits per heavy atom. The molecule has 1 fully saturated rings. The van der Waals surface area contributed by atoms with Crippen molar-refractivity contribution >= 4 is 0 Å². The maximum atomic E-state index is 10.6. The van der Waals surface area contributed by atoms with Gasteiger partial charge in [-0.2, -0.15) is 4.98 Å². The Bertz CT molecular complexity index is 433. The first-order valence-electron chi connectivity index (χ1n) is 7.25. The minimum absolute atomic E-state index is 0.134. The summed E-state index contributed by atoms with van der Waals surface area (Å²) in [6.07, 6.45) is 1.28. The van der Waals surface area contributed by atoms with Crippen LogP contribution in [0.15, 0.2) is 4.52 Å². The second-order valence-electron chi connectivity index (χ2n) is 6.47. The monoisotopic (exact) mass is 283 g/mol. The maximum Gasteiger partial charge on any atom is 0.260 e. The van der Waals surface area contributed by atoms with Gasteiger partial charge in [-0.3, -0.25) is 0 Å². The van der Waals surface area contributed by atoms with E-state index in [1.807, 2.05) is 6.92 Å². The first-order chi connectivity index (χ1) is 9.37. The van der Waals surface area contributed by atoms with Crippen LogP contribution in [-0.2, 0) is 10.3 Å². The van der Waals surface area contributed by atoms with Gasteiger partial charge in [0.05, 0.1) is 0 Å². The molecule has 2 atom stereocenters. The van der Waals surface area contributed by atoms with Crippen LogP contribution in [-0.4, -0.2) is 34.9 Å². The number of aliphatic hydroxyl groups is 1. The SMILES string of the molecule is CCOC(c1noc(C2(O)CCCNC2)n1)C(C)(C)C. The molecule has 20 heavy (non-hydrogen) atoms. The molecule has 1 aromatic heterocycles. The molecule has 1 aromatic rings. The van der Waals surface area contributed by atoms with Crippen LogP contribution in [0.2, 0.25) is 0 Å². The van der Waals surface area contributed by atoms with Gasteiger partial charge in [-0.15, -0.1) is 0 Å². The molecule has 0 saturated carbocycles. The molecule has 6 nitrogen and oxygen atoms in total. The van der Waals surface area contributed by atoms with Crippen LogP contribution in [0.1, 0.15) is 58.4 Å². The smallest absolute Gasteiger partial charge is 0.260 e. The zero-order chi connectivity index (χ0) is 14.8. The van der Waals surface area contributed by atoms with Crippen LogP contribution in [0.25, 0.3) is 0 Å². The lowest BCUT2D eigenvalue weighted by Gasteiger charge is -2.29. The fourth-order valence-electron chi connectivity index (χ4n) is 2.48. The number of aromatic nitrogens is 2. The lowest BCUT2D eigenvalue weighted by molar-refractivity contribution is -0.0203. The topological polar surface area (TPSA) is 80.4 Å². The maximum absolute atomic E-state index is 10.6. The number of rotatable bonds is 4. The summed E-state index contributed by atoms with van der Waals surface area (Å²) in [6.45, 7) is 10.1. The number of nitrogens with zero attached hydrogens (tertiary/aromatic N) is 2. The molecule has 6 heteroatoms. The Balaban J connectivity index is 2.22. The third kappa shape index (κ3) is 3.19. The first-order valence-corrected chi connectivity index (χ1v) is 7.25. The Hall–Kier alpha value is -0.980. The van der Waals surface area contributed by atoms with E-state index in [9.17, 15) is 5.11 Å². The first kappa shape index (κ1) is 15.4. The van der Waals surface area contributed by atoms with Gasteiger partial charge in [0, 0.05) is 13.2 Å². The van der Waals surface area contributed by atoms with Gasteiger partial charge in [-0.1, -0.05) is 25.9 Å². The Kier molecular flexibility index (Phi) is 4.46. The molecule has 1 aliphatic heterocycles. The molecule has 0 amide bonds. The number of ether oxygens (including phenoxy) is 1. The summed E-state index contributed by atoms with van der Waals surface area (Å²) in [7, 11) is 0. The van der Waals surface area contributed by atoms with Gasteiger partial charge in [0.25, 0.3) is 5.89 Å². The second-order valence-corrected chi connectivity index (χ2v) is 6.47. The molecule has 0 spiro atoms. The van der Waals surface area contributed by atoms with Crippen LogP contribution in [0.4, 0.5) is 0 Å². The summed E-state index contributed by atoms with van der Waals surface area (Å²) in [5.74, 6) is 0.794. The van der Waals surface area contributed by atoms with Crippen molar-refractivity contribution in [1.29, 1.82) is 0 Å². The average Bonchev–Trinajstić information content (AvgIpc) is 2.85. The van der Waals surface area contributed by atoms with E-state index in [0.717, 1.165) is 13.0 Å². The van der Waals surface area contributed by atoms with E-state index in [-0.39, 0.29) is 17.4 Å². The Morgan fingerprint density at radius 1 is 1.50 bits per heavy atom. The lowest BCUT2D eigenvalue weighted by Crippen LogP contribution is -2.43. The Labute approximate surface area is 119 Å². The zero-order valence-corrected chi connectivity index (χ0v) is 12.8. The van der Waals surface area contributed by atoms with E-state index in [1.165, 1.54) is 0 Å². The molecule has 2 rings (SSSR count). The van der Waals surface area contributed by atoms with Crippen LogP contribution in [0.5, 0.6) is 0 Å². The van der Waals surface area contributed by atoms with Gasteiger partial charge in [0.2, 0.25) is 5.82 Å². The summed E-state index contributed by atoms with van der Waals surface area (Å²) in [6, 6.07) is 0. The summed E-state index contributed by atoms with van der Waals surface area (Å²) >= 11 is 0. The van der Waals surface area contributed by atoms with Crippen molar-refractivity contribution in [2.45, 2.75) is 52.2 Å². The quantitative estimate of drug-likeness (QED) is 0.876. The normalized spacial score (nSPS) is 25.6. The van der Waals surface area contributed by atoms with Crippen LogP contribution < -0.4 is 5.32 Å². The molecule has 0 aliphatic carbocycles. The highest BCUT2D eigenvalue weighted by molar-refractivity contribution is 5.04. The molecule has 114 valence electrons. The highest BCUT2D eigenvalue weighted by Crippen LogP contribution is 2.36. The van der Waals surface area contributed by atoms with E-state index in [2.05, 4.69) is 36.2 Å². The highest BCUT2D eigenvalue weighted by Gasteiger charge is 2.39. The average molecular weight is 283 g/mol. The third-order valence-corrected chi connectivity index (χ3v) is 3.56. The molecular formula is C14H25N3O3. The summed E-state index contributed by atoms with van der Waals surface area (Å²) in [4.78, 5) is 4.40. The van der Waals surface area contributed by atoms with Crippen LogP contribution in [0.3, 0.4) is 0 Å². The van der Waals surface area contributed by atoms with Crippen LogP contribution >= 0.6 is 0 Å². The molecule has 0 radical (unpaired) electrons. The molecule has 2 heterocycles. The summed E-state index contributed by atoms with van der Waals surface area (Å²) in [5, 5.41) is 17.8. The minimum Gasteiger partial charge on any atom is -0.379 e. The van der Waals surface area contributed by atoms with Crippen molar-refractivity contribution in [1.82, 2.24) is 15.5 Å². The minimum atomic E-state index is -1.06. The molecule has 1 saturated heterocycles. The van der Waals surface area contributed by atoms with Gasteiger partial charge in [0.1, 0.15) is 6.10 Å². The fourth-order valence-corrected chi connectivity index (χ4v) is 2.48. The molecule has 2 N–H and O–H groups in total. The second kappa shape index (κ2) is 5.79. The molecular weight excluding hydrogens is 258 g/mol. The lowest BCUT2D eigenvalue weighted by atomic mass is 9.88. The molecule has 0 bridgehead atoms. The predicted molar refractivity (Wildman–Crippen MR) is 74.1 cm³/mol. The summed E-state index contributed by atoms with van der Waals surface area (Å²) in [5.41, 5.74) is -1.19. The van der Waals surface area contributed by atoms with E-state index < -0.39 is 5.60 Å². The van der Waals surface area contributed by atoms with Gasteiger partial charge >= 0.3 is 0 Å². The van der Waals surface area contributed by atoms with Crippen molar-refractivity contribution in [3.8, 4) is 0 Å². The Morgan fingerprint density at radius 2 is 2.25 bits per heavy atom. The van der Waals surface area contributed by atoms with Crippen molar-refractivity contribution in [2.75, 3.05) is 19.7 Å². The van der Waals surface area contributed by atoms with E-state index in [4.69, 9.17) is 9.26 Å². The van der Waals surface area contributed by atoms with E-state index in [1.54, 1.807) is 0 Å². The van der Waals surface area contributed by atoms with Gasteiger partial charge < -0.3 is 19.7 Å². The number of nitrogens with one attached hydrogen (secondary N) is 1. The standard InChI is InChI=1S/C14H25N3O3/c1-5-19-10(13(2,3)4)11-16-12(20-17-11)14(18)7-6-8-15-9-14/h10,15,18H,5-9H2,1-4H3. The largest absolute Gasteiger partial charge is 0.379 e. The van der Waals surface area contributed by atoms with Crippen molar-refractivity contribution in [3.63, 3.8) is 0 Å². The molecule has 0 aromatic carbocycles.